The predicted molar refractivity (Wildman–Crippen MR) is 141 cm³/mol. The van der Waals surface area contributed by atoms with Gasteiger partial charge in [0.2, 0.25) is 5.91 Å². The van der Waals surface area contributed by atoms with E-state index in [4.69, 9.17) is 4.74 Å². The number of hydrogen-bond acceptors (Lipinski definition) is 4. The summed E-state index contributed by atoms with van der Waals surface area (Å²) in [6.45, 7) is 13.2. The van der Waals surface area contributed by atoms with Crippen LogP contribution in [0.25, 0.3) is 0 Å². The number of likely N-dealkylation sites (tertiary alicyclic amines) is 1. The van der Waals surface area contributed by atoms with Gasteiger partial charge in [-0.3, -0.25) is 4.79 Å². The molecular weight excluding hydrogens is 462 g/mol. The molecule has 0 bridgehead atoms. The second-order valence-electron chi connectivity index (χ2n) is 15.4. The fourth-order valence-corrected chi connectivity index (χ4v) is 11.8. The number of hydrogen-bond donors (Lipinski definition) is 2. The Kier molecular flexibility index (Phi) is 5.31. The summed E-state index contributed by atoms with van der Waals surface area (Å²) < 4.78 is 6.69. The molecule has 2 spiro atoms. The summed E-state index contributed by atoms with van der Waals surface area (Å²) in [7, 11) is 0. The van der Waals surface area contributed by atoms with E-state index in [-0.39, 0.29) is 39.6 Å². The second-order valence-corrected chi connectivity index (χ2v) is 15.4. The quantitative estimate of drug-likeness (QED) is 0.518. The van der Waals surface area contributed by atoms with Crippen LogP contribution in [0.2, 0.25) is 0 Å². The Balaban J connectivity index is 1.19. The van der Waals surface area contributed by atoms with Gasteiger partial charge in [0.05, 0.1) is 18.8 Å². The molecule has 9 atom stereocenters. The molecule has 1 amide bonds. The van der Waals surface area contributed by atoms with E-state index < -0.39 is 6.10 Å². The van der Waals surface area contributed by atoms with Crippen LogP contribution in [0.15, 0.2) is 0 Å². The average molecular weight is 511 g/mol. The number of piperidine rings is 1. The Morgan fingerprint density at radius 3 is 2.57 bits per heavy atom. The number of ether oxygens (including phenoxy) is 1. The van der Waals surface area contributed by atoms with Crippen LogP contribution in [0.5, 0.6) is 0 Å². The van der Waals surface area contributed by atoms with E-state index in [1.807, 2.05) is 4.90 Å². The molecule has 2 aliphatic heterocycles. The Hall–Kier alpha value is -0.650. The lowest BCUT2D eigenvalue weighted by Gasteiger charge is -2.63. The molecule has 5 heteroatoms. The lowest BCUT2D eigenvalue weighted by molar-refractivity contribution is -0.134. The molecule has 0 aromatic rings. The van der Waals surface area contributed by atoms with Crippen molar-refractivity contribution < 1.29 is 19.7 Å². The summed E-state index contributed by atoms with van der Waals surface area (Å²) in [5.41, 5.74) is 0.259. The van der Waals surface area contributed by atoms with Crippen LogP contribution >= 0.6 is 0 Å². The zero-order chi connectivity index (χ0) is 26.2. The average Bonchev–Trinajstić information content (AvgIpc) is 3.48. The van der Waals surface area contributed by atoms with Gasteiger partial charge in [-0.25, -0.2) is 0 Å². The molecule has 7 fully saturated rings. The van der Waals surface area contributed by atoms with Crippen LogP contribution < -0.4 is 0 Å². The van der Waals surface area contributed by atoms with Gasteiger partial charge < -0.3 is 19.8 Å². The first kappa shape index (κ1) is 25.3. The van der Waals surface area contributed by atoms with E-state index in [1.54, 1.807) is 5.92 Å². The molecule has 0 aromatic heterocycles. The smallest absolute Gasteiger partial charge is 0.222 e. The van der Waals surface area contributed by atoms with E-state index in [0.29, 0.717) is 30.2 Å². The SMILES string of the molecule is C[C@@H]1C[C](CN2CCCCC2=O)O[C]2[C@H]1[C@@]1(C)CC[C@@]34C[C@@]35CCC(O)C(C)(C)[C@@H]5CC[C]4[C@]1(C)[C@H]2O. The molecule has 205 valence electrons. The number of rotatable bonds is 2. The number of carbonyl (C=O) groups is 1. The minimum absolute atomic E-state index is 0.00542. The van der Waals surface area contributed by atoms with E-state index in [9.17, 15) is 15.0 Å². The van der Waals surface area contributed by atoms with Crippen molar-refractivity contribution >= 4 is 5.91 Å². The predicted octanol–water partition coefficient (Wildman–Crippen LogP) is 5.46. The van der Waals surface area contributed by atoms with Crippen LogP contribution in [0, 0.1) is 63.0 Å². The summed E-state index contributed by atoms with van der Waals surface area (Å²) in [6, 6.07) is 0. The van der Waals surface area contributed by atoms with Gasteiger partial charge in [-0.2, -0.15) is 0 Å². The normalized spacial score (nSPS) is 53.6. The first-order valence-corrected chi connectivity index (χ1v) is 15.3. The van der Waals surface area contributed by atoms with Crippen molar-refractivity contribution in [3.05, 3.63) is 18.1 Å². The zero-order valence-corrected chi connectivity index (χ0v) is 23.7. The molecule has 0 aromatic carbocycles. The third kappa shape index (κ3) is 2.90. The maximum atomic E-state index is 12.5. The van der Waals surface area contributed by atoms with Gasteiger partial charge in [-0.1, -0.05) is 34.6 Å². The fourth-order valence-electron chi connectivity index (χ4n) is 11.8. The van der Waals surface area contributed by atoms with Crippen LogP contribution in [0.4, 0.5) is 0 Å². The Morgan fingerprint density at radius 1 is 1.03 bits per heavy atom. The molecule has 5 saturated carbocycles. The number of carbonyl (C=O) groups excluding carboxylic acids is 1. The van der Waals surface area contributed by atoms with Crippen molar-refractivity contribution in [2.24, 2.45) is 44.8 Å². The molecule has 5 nitrogen and oxygen atoms in total. The van der Waals surface area contributed by atoms with Crippen molar-refractivity contribution in [1.82, 2.24) is 4.90 Å². The summed E-state index contributed by atoms with van der Waals surface area (Å²) in [6.07, 6.45) is 12.6. The third-order valence-corrected chi connectivity index (χ3v) is 13.9. The lowest BCUT2D eigenvalue weighted by atomic mass is 9.41. The topological polar surface area (TPSA) is 70.0 Å². The lowest BCUT2D eigenvalue weighted by Crippen LogP contribution is -2.58. The molecule has 37 heavy (non-hydrogen) atoms. The van der Waals surface area contributed by atoms with Gasteiger partial charge in [0, 0.05) is 24.3 Å². The number of nitrogens with zero attached hydrogens (tertiary/aromatic N) is 1. The van der Waals surface area contributed by atoms with Gasteiger partial charge in [0.1, 0.15) is 12.2 Å². The molecule has 2 heterocycles. The zero-order valence-electron chi connectivity index (χ0n) is 23.7. The maximum Gasteiger partial charge on any atom is 0.222 e. The van der Waals surface area contributed by atoms with E-state index >= 15 is 0 Å². The first-order valence-electron chi connectivity index (χ1n) is 15.3. The number of amides is 1. The largest absolute Gasteiger partial charge is 0.393 e. The molecule has 2 N–H and O–H groups in total. The first-order chi connectivity index (χ1) is 17.4. The van der Waals surface area contributed by atoms with Crippen LogP contribution in [-0.2, 0) is 9.53 Å². The molecule has 2 saturated heterocycles. The highest BCUT2D eigenvalue weighted by Gasteiger charge is 2.85. The highest BCUT2D eigenvalue weighted by atomic mass is 16.5. The van der Waals surface area contributed by atoms with Gasteiger partial charge in [-0.15, -0.1) is 0 Å². The molecule has 7 aliphatic rings. The summed E-state index contributed by atoms with van der Waals surface area (Å²) in [4.78, 5) is 14.5. The van der Waals surface area contributed by atoms with Gasteiger partial charge in [-0.05, 0) is 104 Å². The molecule has 1 unspecified atom stereocenters. The highest BCUT2D eigenvalue weighted by Crippen LogP contribution is 2.90. The van der Waals surface area contributed by atoms with E-state index in [2.05, 4.69) is 34.6 Å². The summed E-state index contributed by atoms with van der Waals surface area (Å²) in [5, 5.41) is 23.2. The Bertz CT molecular complexity index is 982. The second kappa shape index (κ2) is 7.75. The molecule has 7 rings (SSSR count). The monoisotopic (exact) mass is 510 g/mol. The van der Waals surface area contributed by atoms with Crippen molar-refractivity contribution in [2.45, 2.75) is 117 Å². The van der Waals surface area contributed by atoms with Crippen LogP contribution in [0.1, 0.15) is 105 Å². The third-order valence-electron chi connectivity index (χ3n) is 13.9. The minimum Gasteiger partial charge on any atom is -0.393 e. The summed E-state index contributed by atoms with van der Waals surface area (Å²) >= 11 is 0. The van der Waals surface area contributed by atoms with Crippen molar-refractivity contribution in [3.63, 3.8) is 0 Å². The van der Waals surface area contributed by atoms with Crippen molar-refractivity contribution in [1.29, 1.82) is 0 Å². The maximum absolute atomic E-state index is 12.5. The Labute approximate surface area is 224 Å². The van der Waals surface area contributed by atoms with Crippen molar-refractivity contribution in [2.75, 3.05) is 13.1 Å². The van der Waals surface area contributed by atoms with Gasteiger partial charge in [0.25, 0.3) is 0 Å². The number of aliphatic hydroxyl groups excluding tert-OH is 2. The van der Waals surface area contributed by atoms with Gasteiger partial charge in [0.15, 0.2) is 0 Å². The van der Waals surface area contributed by atoms with Crippen LogP contribution in [-0.4, -0.2) is 46.3 Å². The standard InChI is InChI=1S/C32H48NO4/c1-19-16-20(17-33-15-7-6-8-24(33)35)37-26-25(19)29(4)13-14-32-18-31(32)12-11-23(34)28(2,3)21(31)9-10-22(32)30(29,5)27(26)36/h19,21,23,25,27,34,36H,6-18H2,1-5H3/t19-,21+,23?,25+,27+,29-,30-,31-,32+/m1/s1. The van der Waals surface area contributed by atoms with E-state index in [1.165, 1.54) is 12.8 Å². The molecular formula is C32H48NO4. The number of fused-ring (bicyclic) bond motifs is 4. The van der Waals surface area contributed by atoms with E-state index in [0.717, 1.165) is 70.1 Å². The number of aliphatic hydroxyl groups is 2. The Morgan fingerprint density at radius 2 is 1.81 bits per heavy atom. The van der Waals surface area contributed by atoms with Gasteiger partial charge >= 0.3 is 0 Å². The minimum atomic E-state index is -0.583. The highest BCUT2D eigenvalue weighted by molar-refractivity contribution is 5.77. The van der Waals surface area contributed by atoms with Crippen molar-refractivity contribution in [3.8, 4) is 0 Å². The molecule has 5 aliphatic carbocycles. The fraction of sp³-hybridized carbons (Fsp3) is 0.875. The summed E-state index contributed by atoms with van der Waals surface area (Å²) in [5.74, 6) is 3.13. The van der Waals surface area contributed by atoms with Crippen LogP contribution in [0.3, 0.4) is 0 Å². The molecule has 3 radical (unpaired) electrons.